The van der Waals surface area contributed by atoms with Crippen LogP contribution in [0.4, 0.5) is 0 Å². The van der Waals surface area contributed by atoms with Gasteiger partial charge in [-0.05, 0) is 18.2 Å². The Balaban J connectivity index is 2.90. The summed E-state index contributed by atoms with van der Waals surface area (Å²) in [5.41, 5.74) is 0.332. The van der Waals surface area contributed by atoms with Crippen LogP contribution in [0.3, 0.4) is 0 Å². The number of ether oxygens (including phenoxy) is 1. The highest BCUT2D eigenvalue weighted by atomic mass is 16.5. The van der Waals surface area contributed by atoms with Gasteiger partial charge in [0.15, 0.2) is 0 Å². The predicted octanol–water partition coefficient (Wildman–Crippen LogP) is 1.14. The molecule has 0 bridgehead atoms. The molecule has 0 fully saturated rings. The number of carboxylic acids is 1. The minimum atomic E-state index is -1.12. The first-order valence-corrected chi connectivity index (χ1v) is 5.60. The number of hydrogen-bond acceptors (Lipinski definition) is 4. The minimum absolute atomic E-state index is 0.0822. The lowest BCUT2D eigenvalue weighted by Gasteiger charge is -2.19. The maximum absolute atomic E-state index is 12.2. The summed E-state index contributed by atoms with van der Waals surface area (Å²) >= 11 is 0. The lowest BCUT2D eigenvalue weighted by molar-refractivity contribution is -0.137. The van der Waals surface area contributed by atoms with Crippen LogP contribution in [0.15, 0.2) is 24.3 Å². The summed E-state index contributed by atoms with van der Waals surface area (Å²) in [6, 6.07) is 8.33. The normalized spacial score (nSPS) is 9.47. The van der Waals surface area contributed by atoms with Crippen molar-refractivity contribution in [3.05, 3.63) is 29.8 Å². The summed E-state index contributed by atoms with van der Waals surface area (Å²) < 4.78 is 5.01. The molecule has 1 aromatic rings. The van der Waals surface area contributed by atoms with Crippen molar-refractivity contribution in [1.82, 2.24) is 4.90 Å². The van der Waals surface area contributed by atoms with Crippen LogP contribution in [0.25, 0.3) is 0 Å². The number of nitriles is 1. The molecule has 6 heteroatoms. The van der Waals surface area contributed by atoms with Gasteiger partial charge < -0.3 is 14.7 Å². The average Bonchev–Trinajstić information content (AvgIpc) is 2.42. The summed E-state index contributed by atoms with van der Waals surface area (Å²) in [6.45, 7) is -0.351. The number of amides is 1. The molecule has 100 valence electrons. The quantitative estimate of drug-likeness (QED) is 0.830. The summed E-state index contributed by atoms with van der Waals surface area (Å²) in [5, 5.41) is 17.3. The van der Waals surface area contributed by atoms with Crippen LogP contribution < -0.4 is 4.74 Å². The van der Waals surface area contributed by atoms with Gasteiger partial charge in [0, 0.05) is 12.1 Å². The topological polar surface area (TPSA) is 90.6 Å². The number of benzene rings is 1. The third-order valence-corrected chi connectivity index (χ3v) is 2.42. The second-order valence-electron chi connectivity index (χ2n) is 3.76. The summed E-state index contributed by atoms with van der Waals surface area (Å²) in [4.78, 5) is 24.0. The molecule has 0 radical (unpaired) electrons. The van der Waals surface area contributed by atoms with Crippen LogP contribution in [-0.4, -0.2) is 42.1 Å². The number of hydrogen-bond donors (Lipinski definition) is 1. The molecule has 0 spiro atoms. The Morgan fingerprint density at radius 1 is 1.47 bits per heavy atom. The van der Waals surface area contributed by atoms with Crippen LogP contribution in [0, 0.1) is 11.3 Å². The van der Waals surface area contributed by atoms with Gasteiger partial charge in [0.1, 0.15) is 12.3 Å². The van der Waals surface area contributed by atoms with E-state index >= 15 is 0 Å². The lowest BCUT2D eigenvalue weighted by Crippen LogP contribution is -2.36. The van der Waals surface area contributed by atoms with Crippen molar-refractivity contribution < 1.29 is 19.4 Å². The fourth-order valence-electron chi connectivity index (χ4n) is 1.54. The Morgan fingerprint density at radius 3 is 2.79 bits per heavy atom. The van der Waals surface area contributed by atoms with E-state index in [2.05, 4.69) is 0 Å². The zero-order chi connectivity index (χ0) is 14.3. The molecule has 0 aliphatic heterocycles. The van der Waals surface area contributed by atoms with Crippen LogP contribution in [0.5, 0.6) is 5.75 Å². The molecule has 0 saturated heterocycles. The van der Waals surface area contributed by atoms with E-state index < -0.39 is 18.4 Å². The van der Waals surface area contributed by atoms with E-state index in [-0.39, 0.29) is 13.0 Å². The zero-order valence-electron chi connectivity index (χ0n) is 10.5. The zero-order valence-corrected chi connectivity index (χ0v) is 10.5. The highest BCUT2D eigenvalue weighted by Gasteiger charge is 2.18. The first-order valence-electron chi connectivity index (χ1n) is 5.60. The molecule has 6 nitrogen and oxygen atoms in total. The number of methoxy groups -OCH3 is 1. The smallest absolute Gasteiger partial charge is 0.323 e. The second-order valence-corrected chi connectivity index (χ2v) is 3.76. The van der Waals surface area contributed by atoms with Crippen molar-refractivity contribution in [3.8, 4) is 11.8 Å². The highest BCUT2D eigenvalue weighted by molar-refractivity contribution is 5.96. The number of nitrogens with zero attached hydrogens (tertiary/aromatic N) is 2. The van der Waals surface area contributed by atoms with Crippen molar-refractivity contribution in [2.24, 2.45) is 0 Å². The molecule has 1 N–H and O–H groups in total. The monoisotopic (exact) mass is 262 g/mol. The molecule has 0 heterocycles. The Kier molecular flexibility index (Phi) is 5.35. The molecule has 0 unspecified atom stereocenters. The number of carboxylic acid groups (broad SMARTS) is 1. The Labute approximate surface area is 110 Å². The minimum Gasteiger partial charge on any atom is -0.497 e. The molecular weight excluding hydrogens is 248 g/mol. The predicted molar refractivity (Wildman–Crippen MR) is 66.8 cm³/mol. The maximum atomic E-state index is 12.2. The molecule has 1 aromatic carbocycles. The third kappa shape index (κ3) is 4.32. The highest BCUT2D eigenvalue weighted by Crippen LogP contribution is 2.14. The van der Waals surface area contributed by atoms with Crippen molar-refractivity contribution in [2.75, 3.05) is 20.2 Å². The maximum Gasteiger partial charge on any atom is 0.323 e. The molecule has 0 aromatic heterocycles. The molecule has 0 aliphatic carbocycles. The number of carbonyl (C=O) groups excluding carboxylic acids is 1. The number of rotatable bonds is 6. The van der Waals surface area contributed by atoms with E-state index in [1.807, 2.05) is 6.07 Å². The lowest BCUT2D eigenvalue weighted by atomic mass is 10.2. The van der Waals surface area contributed by atoms with Gasteiger partial charge in [-0.2, -0.15) is 5.26 Å². The molecule has 0 atom stereocenters. The largest absolute Gasteiger partial charge is 0.497 e. The van der Waals surface area contributed by atoms with Gasteiger partial charge in [-0.3, -0.25) is 9.59 Å². The van der Waals surface area contributed by atoms with Crippen LogP contribution >= 0.6 is 0 Å². The SMILES string of the molecule is COc1cccc(C(=O)N(CCC#N)CC(=O)O)c1. The number of aliphatic carboxylic acids is 1. The number of carbonyl (C=O) groups is 2. The summed E-state index contributed by atoms with van der Waals surface area (Å²) in [5.74, 6) is -1.04. The molecule has 0 aliphatic rings. The molecule has 19 heavy (non-hydrogen) atoms. The molecule has 1 rings (SSSR count). The van der Waals surface area contributed by atoms with Crippen LogP contribution in [0.1, 0.15) is 16.8 Å². The van der Waals surface area contributed by atoms with Gasteiger partial charge in [-0.15, -0.1) is 0 Å². The van der Waals surface area contributed by atoms with E-state index in [9.17, 15) is 9.59 Å². The average molecular weight is 262 g/mol. The summed E-state index contributed by atoms with van der Waals surface area (Å²) in [7, 11) is 1.48. The van der Waals surface area contributed by atoms with Crippen LogP contribution in [0.2, 0.25) is 0 Å². The first-order chi connectivity index (χ1) is 9.08. The van der Waals surface area contributed by atoms with E-state index in [1.54, 1.807) is 18.2 Å². The Morgan fingerprint density at radius 2 is 2.21 bits per heavy atom. The summed E-state index contributed by atoms with van der Waals surface area (Å²) in [6.07, 6.45) is 0.0863. The van der Waals surface area contributed by atoms with Crippen molar-refractivity contribution in [2.45, 2.75) is 6.42 Å². The van der Waals surface area contributed by atoms with Crippen molar-refractivity contribution >= 4 is 11.9 Å². The standard InChI is InChI=1S/C13H14N2O4/c1-19-11-5-2-4-10(8-11)13(18)15(7-3-6-14)9-12(16)17/h2,4-5,8H,3,7,9H2,1H3,(H,16,17). The Bertz CT molecular complexity index is 508. The second kappa shape index (κ2) is 7.01. The van der Waals surface area contributed by atoms with E-state index in [4.69, 9.17) is 15.1 Å². The fraction of sp³-hybridized carbons (Fsp3) is 0.308. The molecule has 0 saturated carbocycles. The van der Waals surface area contributed by atoms with Crippen molar-refractivity contribution in [3.63, 3.8) is 0 Å². The fourth-order valence-corrected chi connectivity index (χ4v) is 1.54. The van der Waals surface area contributed by atoms with Gasteiger partial charge in [-0.1, -0.05) is 6.07 Å². The van der Waals surface area contributed by atoms with Gasteiger partial charge in [0.2, 0.25) is 0 Å². The Hall–Kier alpha value is -2.55. The molecular formula is C13H14N2O4. The van der Waals surface area contributed by atoms with Gasteiger partial charge in [0.25, 0.3) is 5.91 Å². The van der Waals surface area contributed by atoms with E-state index in [0.717, 1.165) is 4.90 Å². The first kappa shape index (κ1) is 14.5. The van der Waals surface area contributed by atoms with Gasteiger partial charge in [-0.25, -0.2) is 0 Å². The van der Waals surface area contributed by atoms with Gasteiger partial charge >= 0.3 is 5.97 Å². The van der Waals surface area contributed by atoms with Crippen molar-refractivity contribution in [1.29, 1.82) is 5.26 Å². The third-order valence-electron chi connectivity index (χ3n) is 2.42. The van der Waals surface area contributed by atoms with Gasteiger partial charge in [0.05, 0.1) is 19.6 Å². The van der Waals surface area contributed by atoms with Crippen LogP contribution in [-0.2, 0) is 4.79 Å². The van der Waals surface area contributed by atoms with E-state index in [1.165, 1.54) is 13.2 Å². The molecule has 1 amide bonds. The van der Waals surface area contributed by atoms with E-state index in [0.29, 0.717) is 11.3 Å².